The number of benzene rings is 6. The molecule has 0 amide bonds. The third-order valence-corrected chi connectivity index (χ3v) is 18.3. The van der Waals surface area contributed by atoms with Crippen molar-refractivity contribution in [2.24, 2.45) is 35.5 Å². The van der Waals surface area contributed by atoms with Crippen molar-refractivity contribution >= 4 is 38.9 Å². The van der Waals surface area contributed by atoms with Crippen LogP contribution < -0.4 is 4.90 Å². The van der Waals surface area contributed by atoms with Crippen molar-refractivity contribution < 1.29 is 0 Å². The van der Waals surface area contributed by atoms with Crippen LogP contribution >= 0.6 is 0 Å². The first-order chi connectivity index (χ1) is 29.8. The normalized spacial score (nSPS) is 30.9. The van der Waals surface area contributed by atoms with Crippen LogP contribution in [0.4, 0.5) is 17.1 Å². The lowest BCUT2D eigenvalue weighted by molar-refractivity contribution is -0.00529. The van der Waals surface area contributed by atoms with Crippen molar-refractivity contribution in [3.8, 4) is 16.8 Å². The van der Waals surface area contributed by atoms with Crippen LogP contribution in [0.1, 0.15) is 113 Å². The number of hydrogen-bond acceptors (Lipinski definition) is 1. The molecule has 9 aliphatic rings. The highest BCUT2D eigenvalue weighted by atomic mass is 15.1. The Labute approximate surface area is 362 Å². The molecule has 6 aromatic carbocycles. The molecule has 9 aliphatic carbocycles. The first-order valence-corrected chi connectivity index (χ1v) is 24.1. The van der Waals surface area contributed by atoms with Gasteiger partial charge in [-0.05, 0) is 211 Å². The summed E-state index contributed by atoms with van der Waals surface area (Å²) in [6, 6.07) is 52.3. The standard InChI is InChI=1S/C59H58N2/c1-57(2)53-30-48(20-21-49(53)51-22-23-52-50-10-6-7-11-54(50)61(56(52)55(51)57)45-8-4-3-5-9-45)60(46-16-12-43(13-17-46)58-31-37-24-38(32-58)26-39(25-37)33-58)47-18-14-44(15-19-47)59-34-40-27-41(35-59)29-42(28-40)36-59/h3-23,30,37-42H,24-29,31-36H2,1-2H3. The van der Waals surface area contributed by atoms with Crippen LogP contribution in [0.3, 0.4) is 0 Å². The predicted molar refractivity (Wildman–Crippen MR) is 253 cm³/mol. The van der Waals surface area contributed by atoms with Gasteiger partial charge in [0.25, 0.3) is 0 Å². The summed E-state index contributed by atoms with van der Waals surface area (Å²) in [7, 11) is 0. The molecule has 8 bridgehead atoms. The molecule has 0 atom stereocenters. The Morgan fingerprint density at radius 2 is 0.934 bits per heavy atom. The van der Waals surface area contributed by atoms with Gasteiger partial charge in [0, 0.05) is 38.9 Å². The Hall–Kier alpha value is -5.08. The molecule has 8 fully saturated rings. The summed E-state index contributed by atoms with van der Waals surface area (Å²) in [6.07, 6.45) is 17.4. The molecule has 2 nitrogen and oxygen atoms in total. The number of anilines is 3. The average Bonchev–Trinajstić information content (AvgIpc) is 3.71. The summed E-state index contributed by atoms with van der Waals surface area (Å²) in [5, 5.41) is 2.65. The third kappa shape index (κ3) is 5.08. The monoisotopic (exact) mass is 794 g/mol. The quantitative estimate of drug-likeness (QED) is 0.163. The number of rotatable bonds is 6. The second-order valence-corrected chi connectivity index (χ2v) is 22.3. The van der Waals surface area contributed by atoms with E-state index in [4.69, 9.17) is 0 Å². The molecule has 2 heteroatoms. The first-order valence-electron chi connectivity index (χ1n) is 24.1. The zero-order valence-corrected chi connectivity index (χ0v) is 36.0. The lowest BCUT2D eigenvalue weighted by Crippen LogP contribution is -2.48. The first kappa shape index (κ1) is 35.5. The summed E-state index contributed by atoms with van der Waals surface area (Å²) in [5.74, 6) is 5.69. The fourth-order valence-electron chi connectivity index (χ4n) is 16.6. The summed E-state index contributed by atoms with van der Waals surface area (Å²) in [5.41, 5.74) is 17.0. The van der Waals surface area contributed by atoms with E-state index in [0.717, 1.165) is 35.5 Å². The van der Waals surface area contributed by atoms with E-state index in [1.807, 2.05) is 0 Å². The van der Waals surface area contributed by atoms with Crippen LogP contribution in [0.5, 0.6) is 0 Å². The molecule has 0 aliphatic heterocycles. The van der Waals surface area contributed by atoms with Crippen LogP contribution in [0, 0.1) is 35.5 Å². The van der Waals surface area contributed by atoms with E-state index < -0.39 is 0 Å². The van der Waals surface area contributed by atoms with Gasteiger partial charge in [-0.25, -0.2) is 0 Å². The second kappa shape index (κ2) is 12.5. The maximum absolute atomic E-state index is 2.59. The minimum atomic E-state index is -0.211. The van der Waals surface area contributed by atoms with E-state index in [1.54, 1.807) is 11.1 Å². The van der Waals surface area contributed by atoms with E-state index in [0.29, 0.717) is 10.8 Å². The number of fused-ring (bicyclic) bond motifs is 7. The summed E-state index contributed by atoms with van der Waals surface area (Å²) < 4.78 is 2.53. The van der Waals surface area contributed by atoms with Gasteiger partial charge >= 0.3 is 0 Å². The molecular weight excluding hydrogens is 737 g/mol. The maximum atomic E-state index is 2.59. The highest BCUT2D eigenvalue weighted by molar-refractivity contribution is 6.13. The Morgan fingerprint density at radius 3 is 1.48 bits per heavy atom. The number of aromatic nitrogens is 1. The molecular formula is C59H58N2. The van der Waals surface area contributed by atoms with Crippen molar-refractivity contribution in [1.29, 1.82) is 0 Å². The van der Waals surface area contributed by atoms with Gasteiger partial charge < -0.3 is 9.47 Å². The molecule has 16 rings (SSSR count). The Morgan fingerprint density at radius 1 is 0.459 bits per heavy atom. The van der Waals surface area contributed by atoms with Crippen LogP contribution in [0.2, 0.25) is 0 Å². The lowest BCUT2D eigenvalue weighted by Gasteiger charge is -2.57. The molecule has 304 valence electrons. The van der Waals surface area contributed by atoms with E-state index in [2.05, 4.69) is 157 Å². The zero-order valence-electron chi connectivity index (χ0n) is 36.0. The molecule has 0 saturated heterocycles. The fraction of sp³-hybridized carbons (Fsp3) is 0.390. The van der Waals surface area contributed by atoms with Crippen LogP contribution in [-0.2, 0) is 16.2 Å². The summed E-state index contributed by atoms with van der Waals surface area (Å²) in [4.78, 5) is 2.59. The maximum Gasteiger partial charge on any atom is 0.0588 e. The van der Waals surface area contributed by atoms with E-state index in [1.165, 1.54) is 144 Å². The van der Waals surface area contributed by atoms with Gasteiger partial charge in [-0.15, -0.1) is 0 Å². The van der Waals surface area contributed by atoms with Crippen molar-refractivity contribution in [2.75, 3.05) is 4.90 Å². The molecule has 61 heavy (non-hydrogen) atoms. The van der Waals surface area contributed by atoms with Gasteiger partial charge in [0.2, 0.25) is 0 Å². The number of nitrogens with zero attached hydrogens (tertiary/aromatic N) is 2. The van der Waals surface area contributed by atoms with Gasteiger partial charge in [-0.1, -0.05) is 92.7 Å². The molecule has 0 unspecified atom stereocenters. The van der Waals surface area contributed by atoms with Gasteiger partial charge in [0.1, 0.15) is 0 Å². The van der Waals surface area contributed by atoms with Crippen LogP contribution in [0.25, 0.3) is 38.6 Å². The van der Waals surface area contributed by atoms with E-state index in [-0.39, 0.29) is 5.41 Å². The second-order valence-electron chi connectivity index (χ2n) is 22.3. The molecule has 7 aromatic rings. The molecule has 0 N–H and O–H groups in total. The van der Waals surface area contributed by atoms with Gasteiger partial charge in [0.15, 0.2) is 0 Å². The van der Waals surface area contributed by atoms with Crippen molar-refractivity contribution in [3.63, 3.8) is 0 Å². The Kier molecular flexibility index (Phi) is 7.29. The van der Waals surface area contributed by atoms with Crippen LogP contribution in [-0.4, -0.2) is 4.57 Å². The summed E-state index contributed by atoms with van der Waals surface area (Å²) >= 11 is 0. The van der Waals surface area contributed by atoms with Crippen molar-refractivity contribution in [1.82, 2.24) is 4.57 Å². The number of hydrogen-bond donors (Lipinski definition) is 0. The van der Waals surface area contributed by atoms with Gasteiger partial charge in [-0.2, -0.15) is 0 Å². The molecule has 0 radical (unpaired) electrons. The topological polar surface area (TPSA) is 8.17 Å². The van der Waals surface area contributed by atoms with Crippen molar-refractivity contribution in [3.05, 3.63) is 156 Å². The van der Waals surface area contributed by atoms with Crippen LogP contribution in [0.15, 0.2) is 133 Å². The largest absolute Gasteiger partial charge is 0.310 e. The minimum absolute atomic E-state index is 0.211. The molecule has 1 aromatic heterocycles. The average molecular weight is 795 g/mol. The fourth-order valence-corrected chi connectivity index (χ4v) is 16.6. The number of para-hydroxylation sites is 2. The highest BCUT2D eigenvalue weighted by Gasteiger charge is 2.53. The Bertz CT molecular complexity index is 2730. The minimum Gasteiger partial charge on any atom is -0.310 e. The predicted octanol–water partition coefficient (Wildman–Crippen LogP) is 15.5. The smallest absolute Gasteiger partial charge is 0.0588 e. The van der Waals surface area contributed by atoms with Gasteiger partial charge in [-0.3, -0.25) is 0 Å². The third-order valence-electron chi connectivity index (χ3n) is 18.3. The van der Waals surface area contributed by atoms with E-state index >= 15 is 0 Å². The summed E-state index contributed by atoms with van der Waals surface area (Å²) in [6.45, 7) is 4.94. The lowest BCUT2D eigenvalue weighted by atomic mass is 9.48. The zero-order chi connectivity index (χ0) is 40.2. The van der Waals surface area contributed by atoms with Gasteiger partial charge in [0.05, 0.1) is 11.0 Å². The SMILES string of the molecule is CC1(C)c2cc(N(c3ccc(C45CC6CC(CC(C6)C4)C5)cc3)c3ccc(C45CC6CC(CC(C6)C4)C5)cc3)ccc2-c2ccc3c4ccccc4n(-c4ccccc4)c3c21. The highest BCUT2D eigenvalue weighted by Crippen LogP contribution is 2.63. The Balaban J connectivity index is 0.898. The van der Waals surface area contributed by atoms with Crippen molar-refractivity contribution in [2.45, 2.75) is 107 Å². The molecule has 0 spiro atoms. The van der Waals surface area contributed by atoms with E-state index in [9.17, 15) is 0 Å². The molecule has 8 saturated carbocycles. The molecule has 1 heterocycles.